The van der Waals surface area contributed by atoms with Gasteiger partial charge < -0.3 is 19.6 Å². The first kappa shape index (κ1) is 24.5. The van der Waals surface area contributed by atoms with Gasteiger partial charge in [-0.2, -0.15) is 0 Å². The summed E-state index contributed by atoms with van der Waals surface area (Å²) in [5.41, 5.74) is 3.40. The molecule has 1 fully saturated rings. The normalized spacial score (nSPS) is 17.9. The number of ketones is 1. The van der Waals surface area contributed by atoms with Gasteiger partial charge in [-0.05, 0) is 68.8 Å². The van der Waals surface area contributed by atoms with Crippen molar-refractivity contribution in [3.8, 4) is 5.75 Å². The fraction of sp³-hybridized carbons (Fsp3) is 0.407. The van der Waals surface area contributed by atoms with Crippen molar-refractivity contribution in [3.63, 3.8) is 0 Å². The van der Waals surface area contributed by atoms with E-state index in [-0.39, 0.29) is 11.3 Å². The standard InChI is InChI=1S/C27H34N2O4/c1-7-33-21-12-13-22(18(4)16-21)25(30)23-24(20-10-8-19(9-11-20)17(2)3)29(15-14-28(5)6)27(32)26(23)31/h8-13,16-17,24,30H,7,14-15H2,1-6H3/t24-/m0/s1. The third-order valence-corrected chi connectivity index (χ3v) is 6.01. The first-order chi connectivity index (χ1) is 15.6. The number of hydrogen-bond donors (Lipinski definition) is 1. The molecule has 176 valence electrons. The van der Waals surface area contributed by atoms with E-state index in [9.17, 15) is 14.7 Å². The Morgan fingerprint density at radius 2 is 1.79 bits per heavy atom. The van der Waals surface area contributed by atoms with Crippen LogP contribution < -0.4 is 4.74 Å². The van der Waals surface area contributed by atoms with Gasteiger partial charge in [0.15, 0.2) is 0 Å². The minimum Gasteiger partial charge on any atom is -0.507 e. The number of aliphatic hydroxyl groups is 1. The van der Waals surface area contributed by atoms with E-state index in [4.69, 9.17) is 4.74 Å². The van der Waals surface area contributed by atoms with E-state index in [1.54, 1.807) is 17.0 Å². The number of aryl methyl sites for hydroxylation is 1. The average Bonchev–Trinajstić information content (AvgIpc) is 3.02. The minimum atomic E-state index is -0.655. The van der Waals surface area contributed by atoms with Crippen LogP contribution in [-0.2, 0) is 9.59 Å². The third kappa shape index (κ3) is 5.11. The number of hydrogen-bond acceptors (Lipinski definition) is 5. The molecule has 1 aliphatic rings. The van der Waals surface area contributed by atoms with Gasteiger partial charge in [0.2, 0.25) is 0 Å². The van der Waals surface area contributed by atoms with Crippen LogP contribution in [-0.4, -0.2) is 60.4 Å². The Balaban J connectivity index is 2.13. The number of aliphatic hydroxyl groups excluding tert-OH is 1. The predicted octanol–water partition coefficient (Wildman–Crippen LogP) is 4.50. The summed E-state index contributed by atoms with van der Waals surface area (Å²) in [5.74, 6) is -0.332. The second-order valence-corrected chi connectivity index (χ2v) is 9.03. The molecule has 6 nitrogen and oxygen atoms in total. The average molecular weight is 451 g/mol. The molecule has 2 aromatic carbocycles. The van der Waals surface area contributed by atoms with E-state index >= 15 is 0 Å². The number of likely N-dealkylation sites (tertiary alicyclic amines) is 1. The number of likely N-dealkylation sites (N-methyl/N-ethyl adjacent to an activating group) is 1. The molecule has 6 heteroatoms. The molecular weight excluding hydrogens is 416 g/mol. The molecule has 3 rings (SSSR count). The van der Waals surface area contributed by atoms with Crippen LogP contribution >= 0.6 is 0 Å². The highest BCUT2D eigenvalue weighted by Crippen LogP contribution is 2.40. The Bertz CT molecular complexity index is 1050. The van der Waals surface area contributed by atoms with Gasteiger partial charge in [-0.25, -0.2) is 0 Å². The van der Waals surface area contributed by atoms with E-state index in [2.05, 4.69) is 13.8 Å². The van der Waals surface area contributed by atoms with Crippen LogP contribution in [0.3, 0.4) is 0 Å². The summed E-state index contributed by atoms with van der Waals surface area (Å²) in [6.07, 6.45) is 0. The maximum Gasteiger partial charge on any atom is 0.295 e. The molecule has 0 saturated carbocycles. The first-order valence-corrected chi connectivity index (χ1v) is 11.4. The molecular formula is C27H34N2O4. The number of ether oxygens (including phenoxy) is 1. The van der Waals surface area contributed by atoms with Crippen LogP contribution in [0.5, 0.6) is 5.75 Å². The second kappa shape index (κ2) is 10.2. The summed E-state index contributed by atoms with van der Waals surface area (Å²) >= 11 is 0. The number of nitrogens with zero attached hydrogens (tertiary/aromatic N) is 2. The first-order valence-electron chi connectivity index (χ1n) is 11.4. The summed E-state index contributed by atoms with van der Waals surface area (Å²) < 4.78 is 5.55. The summed E-state index contributed by atoms with van der Waals surface area (Å²) in [6.45, 7) is 9.52. The van der Waals surface area contributed by atoms with Crippen molar-refractivity contribution in [1.82, 2.24) is 9.80 Å². The number of carbonyl (C=O) groups is 2. The second-order valence-electron chi connectivity index (χ2n) is 9.03. The minimum absolute atomic E-state index is 0.128. The molecule has 0 radical (unpaired) electrons. The van der Waals surface area contributed by atoms with E-state index in [0.29, 0.717) is 36.9 Å². The van der Waals surface area contributed by atoms with Gasteiger partial charge in [0.1, 0.15) is 11.5 Å². The summed E-state index contributed by atoms with van der Waals surface area (Å²) in [4.78, 5) is 29.7. The Labute approximate surface area is 196 Å². The molecule has 0 bridgehead atoms. The Hall–Kier alpha value is -3.12. The highest BCUT2D eigenvalue weighted by Gasteiger charge is 2.46. The van der Waals surface area contributed by atoms with Crippen LogP contribution in [0, 0.1) is 6.92 Å². The molecule has 2 aromatic rings. The largest absolute Gasteiger partial charge is 0.507 e. The molecule has 1 aliphatic heterocycles. The number of Topliss-reactive ketones (excluding diaryl/α,β-unsaturated/α-hetero) is 1. The zero-order valence-electron chi connectivity index (χ0n) is 20.4. The van der Waals surface area contributed by atoms with Gasteiger partial charge in [-0.1, -0.05) is 38.1 Å². The SMILES string of the molecule is CCOc1ccc(C(O)=C2C(=O)C(=O)N(CCN(C)C)[C@H]2c2ccc(C(C)C)cc2)c(C)c1. The van der Waals surface area contributed by atoms with Crippen molar-refractivity contribution in [2.75, 3.05) is 33.8 Å². The Kier molecular flexibility index (Phi) is 7.59. The van der Waals surface area contributed by atoms with Crippen molar-refractivity contribution in [2.24, 2.45) is 0 Å². The van der Waals surface area contributed by atoms with Crippen molar-refractivity contribution >= 4 is 17.4 Å². The van der Waals surface area contributed by atoms with Crippen LogP contribution in [0.4, 0.5) is 0 Å². The van der Waals surface area contributed by atoms with Crippen molar-refractivity contribution in [3.05, 3.63) is 70.3 Å². The van der Waals surface area contributed by atoms with Gasteiger partial charge in [-0.3, -0.25) is 9.59 Å². The zero-order valence-corrected chi connectivity index (χ0v) is 20.4. The van der Waals surface area contributed by atoms with Crippen LogP contribution in [0.1, 0.15) is 55.0 Å². The Morgan fingerprint density at radius 1 is 1.12 bits per heavy atom. The lowest BCUT2D eigenvalue weighted by Gasteiger charge is -2.27. The van der Waals surface area contributed by atoms with Crippen molar-refractivity contribution in [2.45, 2.75) is 39.7 Å². The topological polar surface area (TPSA) is 70.1 Å². The number of benzene rings is 2. The highest BCUT2D eigenvalue weighted by molar-refractivity contribution is 6.46. The van der Waals surface area contributed by atoms with Crippen LogP contribution in [0.25, 0.3) is 5.76 Å². The fourth-order valence-electron chi connectivity index (χ4n) is 4.13. The molecule has 1 atom stereocenters. The molecule has 1 N–H and O–H groups in total. The van der Waals surface area contributed by atoms with E-state index in [1.165, 1.54) is 5.56 Å². The molecule has 33 heavy (non-hydrogen) atoms. The highest BCUT2D eigenvalue weighted by atomic mass is 16.5. The molecule has 1 saturated heterocycles. The lowest BCUT2D eigenvalue weighted by atomic mass is 9.92. The van der Waals surface area contributed by atoms with E-state index < -0.39 is 17.7 Å². The molecule has 1 amide bonds. The summed E-state index contributed by atoms with van der Waals surface area (Å²) in [7, 11) is 3.85. The van der Waals surface area contributed by atoms with Crippen molar-refractivity contribution < 1.29 is 19.4 Å². The van der Waals surface area contributed by atoms with Crippen molar-refractivity contribution in [1.29, 1.82) is 0 Å². The van der Waals surface area contributed by atoms with Gasteiger partial charge in [-0.15, -0.1) is 0 Å². The molecule has 0 aliphatic carbocycles. The van der Waals surface area contributed by atoms with Gasteiger partial charge in [0, 0.05) is 18.7 Å². The van der Waals surface area contributed by atoms with E-state index in [0.717, 1.165) is 11.1 Å². The van der Waals surface area contributed by atoms with Gasteiger partial charge in [0.25, 0.3) is 11.7 Å². The molecule has 0 spiro atoms. The molecule has 1 heterocycles. The van der Waals surface area contributed by atoms with Gasteiger partial charge >= 0.3 is 0 Å². The third-order valence-electron chi connectivity index (χ3n) is 6.01. The summed E-state index contributed by atoms with van der Waals surface area (Å²) in [5, 5.41) is 11.3. The number of carbonyl (C=O) groups excluding carboxylic acids is 2. The lowest BCUT2D eigenvalue weighted by molar-refractivity contribution is -0.140. The van der Waals surface area contributed by atoms with E-state index in [1.807, 2.05) is 63.2 Å². The maximum atomic E-state index is 13.2. The number of amides is 1. The number of rotatable bonds is 8. The zero-order chi connectivity index (χ0) is 24.3. The Morgan fingerprint density at radius 3 is 2.33 bits per heavy atom. The monoisotopic (exact) mass is 450 g/mol. The predicted molar refractivity (Wildman–Crippen MR) is 130 cm³/mol. The molecule has 0 aromatic heterocycles. The molecule has 0 unspecified atom stereocenters. The smallest absolute Gasteiger partial charge is 0.295 e. The van der Waals surface area contributed by atoms with Gasteiger partial charge in [0.05, 0.1) is 18.2 Å². The fourth-order valence-corrected chi connectivity index (χ4v) is 4.13. The van der Waals surface area contributed by atoms with Crippen LogP contribution in [0.15, 0.2) is 48.0 Å². The lowest BCUT2D eigenvalue weighted by Crippen LogP contribution is -2.35. The summed E-state index contributed by atoms with van der Waals surface area (Å²) in [6, 6.07) is 12.6. The van der Waals surface area contributed by atoms with Crippen LogP contribution in [0.2, 0.25) is 0 Å². The quantitative estimate of drug-likeness (QED) is 0.364. The maximum absolute atomic E-state index is 13.2.